The van der Waals surface area contributed by atoms with Crippen LogP contribution < -0.4 is 10.5 Å². The van der Waals surface area contributed by atoms with E-state index in [2.05, 4.69) is 9.88 Å². The van der Waals surface area contributed by atoms with E-state index in [-0.39, 0.29) is 18.0 Å². The topological polar surface area (TPSA) is 51.4 Å². The molecule has 0 spiro atoms. The molecule has 3 rings (SSSR count). The molecule has 6 heteroatoms. The van der Waals surface area contributed by atoms with Gasteiger partial charge in [0.05, 0.1) is 17.2 Å². The van der Waals surface area contributed by atoms with Gasteiger partial charge in [-0.1, -0.05) is 0 Å². The van der Waals surface area contributed by atoms with E-state index in [1.807, 2.05) is 12.4 Å². The third-order valence-corrected chi connectivity index (χ3v) is 5.37. The Kier molecular flexibility index (Phi) is 5.25. The Hall–Kier alpha value is -1.50. The van der Waals surface area contributed by atoms with E-state index in [0.29, 0.717) is 6.54 Å². The molecule has 1 atom stereocenters. The van der Waals surface area contributed by atoms with Crippen molar-refractivity contribution in [2.75, 3.05) is 19.6 Å². The van der Waals surface area contributed by atoms with Crippen LogP contribution in [0.25, 0.3) is 0 Å². The molecule has 0 radical (unpaired) electrons. The average Bonchev–Trinajstić information content (AvgIpc) is 2.98. The number of nitrogens with zero attached hydrogens (tertiary/aromatic N) is 2. The third-order valence-electron chi connectivity index (χ3n) is 4.34. The number of benzene rings is 1. The zero-order valence-corrected chi connectivity index (χ0v) is 14.1. The molecule has 124 valence electrons. The Morgan fingerprint density at radius 1 is 1.35 bits per heavy atom. The van der Waals surface area contributed by atoms with Gasteiger partial charge in [-0.15, -0.1) is 11.3 Å². The van der Waals surface area contributed by atoms with Crippen molar-refractivity contribution in [3.05, 3.63) is 46.2 Å². The number of hydrogen-bond acceptors (Lipinski definition) is 5. The van der Waals surface area contributed by atoms with Crippen molar-refractivity contribution in [2.45, 2.75) is 31.9 Å². The van der Waals surface area contributed by atoms with Gasteiger partial charge >= 0.3 is 0 Å². The Labute approximate surface area is 140 Å². The average molecular weight is 335 g/mol. The number of thiazole rings is 1. The molecule has 2 aromatic rings. The first-order valence-corrected chi connectivity index (χ1v) is 8.81. The number of aromatic nitrogens is 1. The number of aryl methyl sites for hydroxylation is 1. The molecule has 2 heterocycles. The lowest BCUT2D eigenvalue weighted by Crippen LogP contribution is -2.42. The van der Waals surface area contributed by atoms with Gasteiger partial charge in [-0.25, -0.2) is 9.37 Å². The fraction of sp³-hybridized carbons (Fsp3) is 0.471. The minimum absolute atomic E-state index is 0.178. The highest BCUT2D eigenvalue weighted by molar-refractivity contribution is 7.09. The number of likely N-dealkylation sites (tertiary alicyclic amines) is 1. The predicted octanol–water partition coefficient (Wildman–Crippen LogP) is 3.13. The maximum absolute atomic E-state index is 12.9. The number of nitrogens with two attached hydrogens (primary N) is 1. The predicted molar refractivity (Wildman–Crippen MR) is 90.3 cm³/mol. The molecule has 0 bridgehead atoms. The van der Waals surface area contributed by atoms with Crippen molar-refractivity contribution >= 4 is 11.3 Å². The van der Waals surface area contributed by atoms with Crippen molar-refractivity contribution in [1.29, 1.82) is 0 Å². The van der Waals surface area contributed by atoms with E-state index in [1.165, 1.54) is 17.0 Å². The van der Waals surface area contributed by atoms with Gasteiger partial charge in [0.1, 0.15) is 17.7 Å². The normalized spacial score (nSPS) is 18.0. The third kappa shape index (κ3) is 3.88. The number of ether oxygens (including phenoxy) is 1. The largest absolute Gasteiger partial charge is 0.490 e. The number of halogens is 1. The molecule has 0 aliphatic carbocycles. The lowest BCUT2D eigenvalue weighted by Gasteiger charge is -2.36. The summed E-state index contributed by atoms with van der Waals surface area (Å²) in [4.78, 5) is 8.03. The molecule has 1 saturated heterocycles. The molecule has 1 aliphatic heterocycles. The smallest absolute Gasteiger partial charge is 0.123 e. The van der Waals surface area contributed by atoms with Gasteiger partial charge in [-0.2, -0.15) is 0 Å². The molecular formula is C17H22FN3OS. The van der Waals surface area contributed by atoms with Crippen LogP contribution in [-0.4, -0.2) is 35.6 Å². The minimum Gasteiger partial charge on any atom is -0.490 e. The van der Waals surface area contributed by atoms with Gasteiger partial charge < -0.3 is 10.5 Å². The quantitative estimate of drug-likeness (QED) is 0.912. The van der Waals surface area contributed by atoms with Crippen LogP contribution in [0.15, 0.2) is 29.8 Å². The van der Waals surface area contributed by atoms with Gasteiger partial charge in [0.25, 0.3) is 0 Å². The summed E-state index contributed by atoms with van der Waals surface area (Å²) < 4.78 is 18.9. The number of piperidine rings is 1. The molecular weight excluding hydrogens is 313 g/mol. The summed E-state index contributed by atoms with van der Waals surface area (Å²) in [6, 6.07) is 6.48. The highest BCUT2D eigenvalue weighted by Crippen LogP contribution is 2.29. The summed E-state index contributed by atoms with van der Waals surface area (Å²) in [6.07, 6.45) is 2.08. The van der Waals surface area contributed by atoms with Gasteiger partial charge in [0, 0.05) is 24.5 Å². The first-order valence-electron chi connectivity index (χ1n) is 7.93. The van der Waals surface area contributed by atoms with Crippen LogP contribution in [0.4, 0.5) is 4.39 Å². The summed E-state index contributed by atoms with van der Waals surface area (Å²) in [5, 5.41) is 0. The second kappa shape index (κ2) is 7.38. The summed E-state index contributed by atoms with van der Waals surface area (Å²) in [5.74, 6) is 0.497. The fourth-order valence-electron chi connectivity index (χ4n) is 3.06. The van der Waals surface area contributed by atoms with E-state index in [9.17, 15) is 4.39 Å². The molecule has 23 heavy (non-hydrogen) atoms. The molecule has 4 nitrogen and oxygen atoms in total. The number of hydrogen-bond donors (Lipinski definition) is 1. The second-order valence-corrected chi connectivity index (χ2v) is 6.75. The van der Waals surface area contributed by atoms with Gasteiger partial charge in [-0.05, 0) is 44.0 Å². The fourth-order valence-corrected chi connectivity index (χ4v) is 4.01. The summed E-state index contributed by atoms with van der Waals surface area (Å²) in [7, 11) is 0. The van der Waals surface area contributed by atoms with E-state index < -0.39 is 0 Å². The van der Waals surface area contributed by atoms with Crippen LogP contribution in [-0.2, 0) is 0 Å². The minimum atomic E-state index is -0.238. The maximum atomic E-state index is 12.9. The second-order valence-electron chi connectivity index (χ2n) is 5.86. The van der Waals surface area contributed by atoms with E-state index in [1.54, 1.807) is 23.5 Å². The Balaban J connectivity index is 1.57. The van der Waals surface area contributed by atoms with Crippen molar-refractivity contribution in [2.24, 2.45) is 5.73 Å². The van der Waals surface area contributed by atoms with Crippen molar-refractivity contribution in [3.63, 3.8) is 0 Å². The maximum Gasteiger partial charge on any atom is 0.123 e. The molecule has 0 saturated carbocycles. The molecule has 0 amide bonds. The van der Waals surface area contributed by atoms with Crippen LogP contribution in [0, 0.1) is 12.7 Å². The molecule has 1 aliphatic rings. The van der Waals surface area contributed by atoms with Crippen LogP contribution >= 0.6 is 11.3 Å². The highest BCUT2D eigenvalue weighted by atomic mass is 32.1. The standard InChI is InChI=1S/C17H22FN3OS/c1-12-17(23-11-20-12)16(10-19)21-8-6-15(7-9-21)22-14-4-2-13(18)3-5-14/h2-5,11,15-16H,6-10,19H2,1H3. The SMILES string of the molecule is Cc1ncsc1C(CN)N1CCC(Oc2ccc(F)cc2)CC1. The highest BCUT2D eigenvalue weighted by Gasteiger charge is 2.28. The number of rotatable bonds is 5. The first kappa shape index (κ1) is 16.4. The lowest BCUT2D eigenvalue weighted by molar-refractivity contribution is 0.0777. The van der Waals surface area contributed by atoms with Crippen molar-refractivity contribution in [3.8, 4) is 5.75 Å². The molecule has 1 aromatic carbocycles. The van der Waals surface area contributed by atoms with Gasteiger partial charge in [0.2, 0.25) is 0 Å². The van der Waals surface area contributed by atoms with Crippen LogP contribution in [0.5, 0.6) is 5.75 Å². The zero-order chi connectivity index (χ0) is 16.2. The zero-order valence-electron chi connectivity index (χ0n) is 13.2. The van der Waals surface area contributed by atoms with Gasteiger partial charge in [-0.3, -0.25) is 4.90 Å². The summed E-state index contributed by atoms with van der Waals surface area (Å²) >= 11 is 1.68. The molecule has 2 N–H and O–H groups in total. The molecule has 1 aromatic heterocycles. The van der Waals surface area contributed by atoms with E-state index in [0.717, 1.165) is 37.4 Å². The Morgan fingerprint density at radius 3 is 2.61 bits per heavy atom. The van der Waals surface area contributed by atoms with E-state index in [4.69, 9.17) is 10.5 Å². The monoisotopic (exact) mass is 335 g/mol. The van der Waals surface area contributed by atoms with Crippen LogP contribution in [0.3, 0.4) is 0 Å². The Bertz CT molecular complexity index is 623. The molecule has 1 unspecified atom stereocenters. The first-order chi connectivity index (χ1) is 11.2. The van der Waals surface area contributed by atoms with Crippen LogP contribution in [0.1, 0.15) is 29.5 Å². The lowest BCUT2D eigenvalue weighted by atomic mass is 10.0. The van der Waals surface area contributed by atoms with Crippen molar-refractivity contribution in [1.82, 2.24) is 9.88 Å². The van der Waals surface area contributed by atoms with Crippen molar-refractivity contribution < 1.29 is 9.13 Å². The van der Waals surface area contributed by atoms with Crippen LogP contribution in [0.2, 0.25) is 0 Å². The van der Waals surface area contributed by atoms with Gasteiger partial charge in [0.15, 0.2) is 0 Å². The summed E-state index contributed by atoms with van der Waals surface area (Å²) in [6.45, 7) is 4.54. The summed E-state index contributed by atoms with van der Waals surface area (Å²) in [5.41, 5.74) is 8.97. The Morgan fingerprint density at radius 2 is 2.04 bits per heavy atom. The van der Waals surface area contributed by atoms with E-state index >= 15 is 0 Å². The molecule has 1 fully saturated rings.